The zero-order valence-electron chi connectivity index (χ0n) is 12.9. The summed E-state index contributed by atoms with van der Waals surface area (Å²) in [4.78, 5) is 0. The summed E-state index contributed by atoms with van der Waals surface area (Å²) >= 11 is 0. The normalized spacial score (nSPS) is 19.9. The van der Waals surface area contributed by atoms with Crippen molar-refractivity contribution in [2.75, 3.05) is 5.23 Å². The summed E-state index contributed by atoms with van der Waals surface area (Å²) in [7, 11) is 5.11. The molecule has 106 valence electrons. The monoisotopic (exact) mass is 279 g/mol. The molecule has 21 heavy (non-hydrogen) atoms. The van der Waals surface area contributed by atoms with Gasteiger partial charge in [0.2, 0.25) is 7.98 Å². The largest absolute Gasteiger partial charge is 0.494 e. The van der Waals surface area contributed by atoms with E-state index in [0.717, 1.165) is 21.9 Å². The van der Waals surface area contributed by atoms with Crippen LogP contribution in [0.1, 0.15) is 27.7 Å². The van der Waals surface area contributed by atoms with Gasteiger partial charge in [0, 0.05) is 5.69 Å². The van der Waals surface area contributed by atoms with Gasteiger partial charge in [0.05, 0.1) is 11.2 Å². The van der Waals surface area contributed by atoms with Crippen LogP contribution in [0.5, 0.6) is 0 Å². The maximum Gasteiger partial charge on any atom is 0.494 e. The van der Waals surface area contributed by atoms with Crippen molar-refractivity contribution in [2.45, 2.75) is 38.9 Å². The Kier molecular flexibility index (Phi) is 3.30. The average Bonchev–Trinajstić information content (AvgIpc) is 2.66. The third-order valence-electron chi connectivity index (χ3n) is 4.56. The summed E-state index contributed by atoms with van der Waals surface area (Å²) < 4.78 is 12.2. The fourth-order valence-electron chi connectivity index (χ4n) is 2.48. The molecular formula is C16H19B2NO2. The molecule has 2 radical (unpaired) electrons. The van der Waals surface area contributed by atoms with Crippen molar-refractivity contribution in [3.8, 4) is 0 Å². The maximum absolute atomic E-state index is 6.09. The van der Waals surface area contributed by atoms with Crippen molar-refractivity contribution < 1.29 is 9.31 Å². The average molecular weight is 279 g/mol. The molecule has 1 fully saturated rings. The minimum absolute atomic E-state index is 0.319. The van der Waals surface area contributed by atoms with Crippen LogP contribution in [0.4, 0.5) is 5.69 Å². The van der Waals surface area contributed by atoms with Gasteiger partial charge < -0.3 is 14.5 Å². The first-order valence-electron chi connectivity index (χ1n) is 7.18. The Morgan fingerprint density at radius 1 is 0.905 bits per heavy atom. The molecule has 2 aromatic rings. The van der Waals surface area contributed by atoms with E-state index in [-0.39, 0.29) is 18.3 Å². The van der Waals surface area contributed by atoms with E-state index >= 15 is 0 Å². The summed E-state index contributed by atoms with van der Waals surface area (Å²) in [5.74, 6) is 0. The van der Waals surface area contributed by atoms with Gasteiger partial charge in [0.15, 0.2) is 0 Å². The fourth-order valence-corrected chi connectivity index (χ4v) is 2.48. The van der Waals surface area contributed by atoms with E-state index < -0.39 is 0 Å². The predicted molar refractivity (Wildman–Crippen MR) is 89.0 cm³/mol. The van der Waals surface area contributed by atoms with Gasteiger partial charge in [-0.1, -0.05) is 24.3 Å². The molecule has 0 amide bonds. The number of nitrogens with one attached hydrogen (secondary N) is 1. The quantitative estimate of drug-likeness (QED) is 0.857. The van der Waals surface area contributed by atoms with Crippen LogP contribution in [0.2, 0.25) is 0 Å². The van der Waals surface area contributed by atoms with E-state index in [0.29, 0.717) is 0 Å². The second kappa shape index (κ2) is 4.79. The molecule has 0 aromatic heterocycles. The number of rotatable bonds is 2. The van der Waals surface area contributed by atoms with Gasteiger partial charge >= 0.3 is 7.12 Å². The van der Waals surface area contributed by atoms with E-state index in [1.54, 1.807) is 0 Å². The summed E-state index contributed by atoms with van der Waals surface area (Å²) in [5, 5.41) is 4.93. The summed E-state index contributed by atoms with van der Waals surface area (Å²) in [6.07, 6.45) is 0. The second-order valence-electron chi connectivity index (χ2n) is 6.55. The van der Waals surface area contributed by atoms with Crippen LogP contribution in [0, 0.1) is 0 Å². The third kappa shape index (κ3) is 2.45. The topological polar surface area (TPSA) is 30.5 Å². The minimum atomic E-state index is -0.327. The number of fused-ring (bicyclic) bond motifs is 1. The van der Waals surface area contributed by atoms with Gasteiger partial charge in [0.1, 0.15) is 0 Å². The maximum atomic E-state index is 6.09. The first kappa shape index (κ1) is 14.5. The molecule has 2 aromatic carbocycles. The SMILES string of the molecule is [B]Nc1ccc2cc(B3OC(C)(C)C(C)(C)O3)ccc2c1. The summed E-state index contributed by atoms with van der Waals surface area (Å²) in [6, 6.07) is 12.2. The number of hydrogen-bond acceptors (Lipinski definition) is 3. The van der Waals surface area contributed by atoms with Gasteiger partial charge in [-0.05, 0) is 56.1 Å². The Hall–Kier alpha value is -1.45. The van der Waals surface area contributed by atoms with Crippen LogP contribution in [0.3, 0.4) is 0 Å². The molecule has 1 aliphatic heterocycles. The zero-order valence-corrected chi connectivity index (χ0v) is 12.9. The van der Waals surface area contributed by atoms with Crippen molar-refractivity contribution in [1.29, 1.82) is 0 Å². The molecule has 1 saturated heterocycles. The highest BCUT2D eigenvalue weighted by molar-refractivity contribution is 6.62. The molecule has 0 aliphatic carbocycles. The molecule has 0 spiro atoms. The standard InChI is InChI=1S/C16H19B2NO2/c1-15(2)16(3,4)21-18(20-15)13-7-5-12-10-14(19-17)8-6-11(12)9-13/h5-10,19H,1-4H3. The molecule has 1 N–H and O–H groups in total. The molecule has 5 heteroatoms. The molecule has 0 unspecified atom stereocenters. The van der Waals surface area contributed by atoms with E-state index in [1.165, 1.54) is 0 Å². The van der Waals surface area contributed by atoms with Gasteiger partial charge in [-0.15, -0.1) is 0 Å². The van der Waals surface area contributed by atoms with Gasteiger partial charge in [-0.3, -0.25) is 0 Å². The Balaban J connectivity index is 1.96. The van der Waals surface area contributed by atoms with E-state index in [9.17, 15) is 0 Å². The lowest BCUT2D eigenvalue weighted by Crippen LogP contribution is -2.41. The number of hydrogen-bond donors (Lipinski definition) is 1. The lowest BCUT2D eigenvalue weighted by Gasteiger charge is -2.32. The number of benzene rings is 2. The van der Waals surface area contributed by atoms with Crippen LogP contribution in [-0.4, -0.2) is 26.3 Å². The van der Waals surface area contributed by atoms with Crippen LogP contribution in [-0.2, 0) is 9.31 Å². The van der Waals surface area contributed by atoms with Crippen molar-refractivity contribution >= 4 is 37.0 Å². The third-order valence-corrected chi connectivity index (χ3v) is 4.56. The van der Waals surface area contributed by atoms with Crippen molar-refractivity contribution in [3.05, 3.63) is 36.4 Å². The summed E-state index contributed by atoms with van der Waals surface area (Å²) in [6.45, 7) is 8.25. The van der Waals surface area contributed by atoms with Crippen molar-refractivity contribution in [2.24, 2.45) is 0 Å². The molecule has 1 aliphatic rings. The molecular weight excluding hydrogens is 260 g/mol. The van der Waals surface area contributed by atoms with Gasteiger partial charge in [-0.2, -0.15) is 0 Å². The lowest BCUT2D eigenvalue weighted by atomic mass is 9.78. The Bertz CT molecular complexity index is 669. The van der Waals surface area contributed by atoms with Crippen molar-refractivity contribution in [3.63, 3.8) is 0 Å². The Morgan fingerprint density at radius 2 is 1.48 bits per heavy atom. The second-order valence-corrected chi connectivity index (χ2v) is 6.55. The fraction of sp³-hybridized carbons (Fsp3) is 0.375. The highest BCUT2D eigenvalue weighted by atomic mass is 16.7. The van der Waals surface area contributed by atoms with Crippen LogP contribution >= 0.6 is 0 Å². The van der Waals surface area contributed by atoms with E-state index in [2.05, 4.69) is 45.1 Å². The molecule has 3 rings (SSSR count). The summed E-state index contributed by atoms with van der Waals surface area (Å²) in [5.41, 5.74) is 1.29. The van der Waals surface area contributed by atoms with Gasteiger partial charge in [-0.25, -0.2) is 0 Å². The van der Waals surface area contributed by atoms with Crippen LogP contribution < -0.4 is 10.7 Å². The zero-order chi connectivity index (χ0) is 15.3. The molecule has 0 atom stereocenters. The Labute approximate surface area is 127 Å². The highest BCUT2D eigenvalue weighted by Crippen LogP contribution is 2.36. The lowest BCUT2D eigenvalue weighted by molar-refractivity contribution is 0.00578. The highest BCUT2D eigenvalue weighted by Gasteiger charge is 2.51. The van der Waals surface area contributed by atoms with Crippen LogP contribution in [0.25, 0.3) is 10.8 Å². The van der Waals surface area contributed by atoms with Crippen molar-refractivity contribution in [1.82, 2.24) is 0 Å². The van der Waals surface area contributed by atoms with E-state index in [1.807, 2.05) is 24.3 Å². The first-order valence-corrected chi connectivity index (χ1v) is 7.18. The van der Waals surface area contributed by atoms with E-state index in [4.69, 9.17) is 17.3 Å². The number of anilines is 1. The first-order chi connectivity index (χ1) is 9.82. The molecule has 3 nitrogen and oxygen atoms in total. The molecule has 0 bridgehead atoms. The van der Waals surface area contributed by atoms with Gasteiger partial charge in [0.25, 0.3) is 0 Å². The molecule has 0 saturated carbocycles. The minimum Gasteiger partial charge on any atom is -0.437 e. The predicted octanol–water partition coefficient (Wildman–Crippen LogP) is 2.63. The smallest absolute Gasteiger partial charge is 0.437 e. The van der Waals surface area contributed by atoms with Crippen LogP contribution in [0.15, 0.2) is 36.4 Å². The Morgan fingerprint density at radius 3 is 2.10 bits per heavy atom. The molecule has 1 heterocycles.